The molecule has 11 heteroatoms. The number of carbonyl (C=O) groups excluding carboxylic acids is 2. The topological polar surface area (TPSA) is 105 Å². The van der Waals surface area contributed by atoms with Gasteiger partial charge in [-0.15, -0.1) is 0 Å². The van der Waals surface area contributed by atoms with Crippen LogP contribution < -0.4 is 19.6 Å². The van der Waals surface area contributed by atoms with Crippen LogP contribution in [0.4, 0.5) is 0 Å². The number of esters is 2. The summed E-state index contributed by atoms with van der Waals surface area (Å²) in [5.74, 6) is -0.701. The van der Waals surface area contributed by atoms with Crippen LogP contribution in [-0.4, -0.2) is 33.4 Å². The van der Waals surface area contributed by atoms with Crippen molar-refractivity contribution in [2.75, 3.05) is 7.11 Å². The molecule has 3 heterocycles. The van der Waals surface area contributed by atoms with Gasteiger partial charge in [-0.1, -0.05) is 65.4 Å². The molecule has 0 spiro atoms. The number of halogens is 1. The first kappa shape index (κ1) is 29.0. The molecule has 9 nitrogen and oxygen atoms in total. The molecule has 0 saturated carbocycles. The van der Waals surface area contributed by atoms with Crippen molar-refractivity contribution in [1.82, 2.24) is 14.3 Å². The maximum absolute atomic E-state index is 14.1. The third-order valence-corrected chi connectivity index (χ3v) is 8.29. The lowest BCUT2D eigenvalue weighted by Gasteiger charge is -2.24. The van der Waals surface area contributed by atoms with Crippen LogP contribution in [0.3, 0.4) is 0 Å². The Morgan fingerprint density at radius 3 is 2.36 bits per heavy atom. The lowest BCUT2D eigenvalue weighted by molar-refractivity contribution is -0.136. The Kier molecular flexibility index (Phi) is 7.86. The van der Waals surface area contributed by atoms with Gasteiger partial charge in [0, 0.05) is 29.3 Å². The van der Waals surface area contributed by atoms with E-state index >= 15 is 0 Å². The zero-order valence-electron chi connectivity index (χ0n) is 23.9. The first-order chi connectivity index (χ1) is 21.2. The minimum atomic E-state index is -0.810. The van der Waals surface area contributed by atoms with Gasteiger partial charge in [0.2, 0.25) is 0 Å². The lowest BCUT2D eigenvalue weighted by Crippen LogP contribution is -2.39. The van der Waals surface area contributed by atoms with Crippen molar-refractivity contribution in [3.63, 3.8) is 0 Å². The first-order valence-corrected chi connectivity index (χ1v) is 14.7. The number of methoxy groups -OCH3 is 1. The van der Waals surface area contributed by atoms with Crippen molar-refractivity contribution in [2.24, 2.45) is 4.99 Å². The molecule has 5 aromatic rings. The van der Waals surface area contributed by atoms with Crippen LogP contribution in [0, 0.1) is 0 Å². The summed E-state index contributed by atoms with van der Waals surface area (Å²) in [6.45, 7) is 3.03. The van der Waals surface area contributed by atoms with Gasteiger partial charge in [-0.2, -0.15) is 5.10 Å². The van der Waals surface area contributed by atoms with E-state index in [1.54, 1.807) is 54.1 Å². The van der Waals surface area contributed by atoms with Gasteiger partial charge in [-0.05, 0) is 55.0 Å². The van der Waals surface area contributed by atoms with Crippen LogP contribution in [0.2, 0.25) is 5.02 Å². The predicted octanol–water partition coefficient (Wildman–Crippen LogP) is 4.84. The number of hydrogen-bond donors (Lipinski definition) is 0. The summed E-state index contributed by atoms with van der Waals surface area (Å²) in [7, 11) is 1.29. The van der Waals surface area contributed by atoms with Crippen molar-refractivity contribution in [3.05, 3.63) is 132 Å². The van der Waals surface area contributed by atoms with Crippen LogP contribution in [0.15, 0.2) is 106 Å². The molecule has 0 unspecified atom stereocenters. The number of nitrogens with zero attached hydrogens (tertiary/aromatic N) is 4. The van der Waals surface area contributed by atoms with Gasteiger partial charge in [0.15, 0.2) is 4.80 Å². The van der Waals surface area contributed by atoms with Gasteiger partial charge in [0.25, 0.3) is 5.56 Å². The van der Waals surface area contributed by atoms with Gasteiger partial charge < -0.3 is 9.47 Å². The van der Waals surface area contributed by atoms with E-state index in [9.17, 15) is 14.4 Å². The molecule has 0 bridgehead atoms. The number of hydrogen-bond acceptors (Lipinski definition) is 8. The van der Waals surface area contributed by atoms with Crippen molar-refractivity contribution in [1.29, 1.82) is 0 Å². The van der Waals surface area contributed by atoms with Gasteiger partial charge in [-0.25, -0.2) is 14.5 Å². The summed E-state index contributed by atoms with van der Waals surface area (Å²) in [4.78, 5) is 43.6. The van der Waals surface area contributed by atoms with Crippen LogP contribution in [0.25, 0.3) is 23.0 Å². The summed E-state index contributed by atoms with van der Waals surface area (Å²) in [6, 6.07) is 22.9. The molecule has 0 amide bonds. The minimum Gasteiger partial charge on any atom is -0.466 e. The summed E-state index contributed by atoms with van der Waals surface area (Å²) < 4.78 is 13.9. The number of thiazole rings is 1. The second kappa shape index (κ2) is 11.9. The molecule has 0 N–H and O–H groups in total. The molecule has 1 aliphatic rings. The normalized spacial score (nSPS) is 14.6. The summed E-state index contributed by atoms with van der Waals surface area (Å²) in [6.07, 6.45) is 3.66. The Balaban J connectivity index is 1.53. The summed E-state index contributed by atoms with van der Waals surface area (Å²) in [5.41, 5.74) is 4.06. The van der Waals surface area contributed by atoms with Crippen LogP contribution >= 0.6 is 22.9 Å². The molecule has 0 fully saturated rings. The van der Waals surface area contributed by atoms with Gasteiger partial charge in [0.1, 0.15) is 11.4 Å². The van der Waals surface area contributed by atoms with E-state index in [0.29, 0.717) is 42.6 Å². The van der Waals surface area contributed by atoms with Crippen LogP contribution in [-0.2, 0) is 14.3 Å². The molecule has 6 rings (SSSR count). The molecule has 1 aliphatic heterocycles. The van der Waals surface area contributed by atoms with Crippen LogP contribution in [0.5, 0.6) is 5.75 Å². The quantitative estimate of drug-likeness (QED) is 0.198. The Labute approximate surface area is 260 Å². The van der Waals surface area contributed by atoms with Crippen LogP contribution in [0.1, 0.15) is 31.0 Å². The van der Waals surface area contributed by atoms with E-state index in [4.69, 9.17) is 26.2 Å². The van der Waals surface area contributed by atoms with Gasteiger partial charge in [-0.3, -0.25) is 14.2 Å². The van der Waals surface area contributed by atoms with E-state index in [0.717, 1.165) is 11.3 Å². The smallest absolute Gasteiger partial charge is 0.338 e. The zero-order chi connectivity index (χ0) is 31.0. The molecule has 1 atom stereocenters. The minimum absolute atomic E-state index is 0.241. The monoisotopic (exact) mass is 624 g/mol. The molecule has 2 aromatic heterocycles. The Morgan fingerprint density at radius 2 is 1.70 bits per heavy atom. The number of carbonyl (C=O) groups is 2. The van der Waals surface area contributed by atoms with Crippen molar-refractivity contribution in [2.45, 2.75) is 19.9 Å². The molecule has 0 radical (unpaired) electrons. The van der Waals surface area contributed by atoms with Crippen molar-refractivity contribution < 1.29 is 19.1 Å². The predicted molar refractivity (Wildman–Crippen MR) is 168 cm³/mol. The largest absolute Gasteiger partial charge is 0.466 e. The average molecular weight is 625 g/mol. The fourth-order valence-electron chi connectivity index (χ4n) is 5.07. The highest BCUT2D eigenvalue weighted by Gasteiger charge is 2.33. The number of ether oxygens (including phenoxy) is 2. The SMILES string of the molecule is COC(=O)C1=C(C)N=c2s/c(=C\c3cn(-c4ccccc4)nc3-c3ccc(Cl)cc3)c(=O)n2[C@H]1c1ccc(OC(C)=O)cc1. The molecule has 3 aromatic carbocycles. The molecule has 0 aliphatic carbocycles. The van der Waals surface area contributed by atoms with E-state index in [1.165, 1.54) is 29.9 Å². The Morgan fingerprint density at radius 1 is 1.00 bits per heavy atom. The maximum Gasteiger partial charge on any atom is 0.338 e. The van der Waals surface area contributed by atoms with Gasteiger partial charge in [0.05, 0.1) is 34.6 Å². The van der Waals surface area contributed by atoms with Gasteiger partial charge >= 0.3 is 11.9 Å². The van der Waals surface area contributed by atoms with Crippen molar-refractivity contribution >= 4 is 41.0 Å². The number of aromatic nitrogens is 3. The second-order valence-corrected chi connectivity index (χ2v) is 11.4. The average Bonchev–Trinajstić information content (AvgIpc) is 3.57. The highest BCUT2D eigenvalue weighted by atomic mass is 35.5. The van der Waals surface area contributed by atoms with Crippen molar-refractivity contribution in [3.8, 4) is 22.7 Å². The first-order valence-electron chi connectivity index (χ1n) is 13.5. The number of para-hydroxylation sites is 1. The standard InChI is InChI=1S/C33H25ClN4O5S/c1-19-28(32(41)42-3)30(22-11-15-26(16-12-22)43-20(2)39)38-31(40)27(44-33(38)35-19)17-23-18-37(25-7-5-4-6-8-25)36-29(23)21-9-13-24(34)14-10-21/h4-18,30H,1-3H3/b27-17-/t30-/m0/s1. The third kappa shape index (κ3) is 5.52. The summed E-state index contributed by atoms with van der Waals surface area (Å²) >= 11 is 7.37. The molecule has 220 valence electrons. The second-order valence-electron chi connectivity index (χ2n) is 9.96. The fourth-order valence-corrected chi connectivity index (χ4v) is 6.23. The number of rotatable bonds is 6. The fraction of sp³-hybridized carbons (Fsp3) is 0.121. The number of allylic oxidation sites excluding steroid dienone is 1. The molecular weight excluding hydrogens is 600 g/mol. The summed E-state index contributed by atoms with van der Waals surface area (Å²) in [5, 5.41) is 5.45. The highest BCUT2D eigenvalue weighted by molar-refractivity contribution is 7.07. The maximum atomic E-state index is 14.1. The van der Waals surface area contributed by atoms with E-state index in [1.807, 2.05) is 48.7 Å². The third-order valence-electron chi connectivity index (χ3n) is 7.05. The zero-order valence-corrected chi connectivity index (χ0v) is 25.4. The number of fused-ring (bicyclic) bond motifs is 1. The Bertz CT molecular complexity index is 2110. The van der Waals surface area contributed by atoms with E-state index in [-0.39, 0.29) is 11.1 Å². The molecule has 0 saturated heterocycles. The Hall–Kier alpha value is -5.06. The highest BCUT2D eigenvalue weighted by Crippen LogP contribution is 2.32. The van der Waals surface area contributed by atoms with E-state index in [2.05, 4.69) is 4.99 Å². The van der Waals surface area contributed by atoms with E-state index < -0.39 is 18.0 Å². The number of benzene rings is 3. The molecule has 44 heavy (non-hydrogen) atoms. The lowest BCUT2D eigenvalue weighted by atomic mass is 9.96. The molecular formula is C33H25ClN4O5S.